The number of anilines is 2. The van der Waals surface area contributed by atoms with E-state index in [-0.39, 0.29) is 13.1 Å². The van der Waals surface area contributed by atoms with Gasteiger partial charge in [-0.25, -0.2) is 19.5 Å². The van der Waals surface area contributed by atoms with Crippen LogP contribution >= 0.6 is 0 Å². The first-order valence-electron chi connectivity index (χ1n) is 13.9. The molecule has 0 aliphatic carbocycles. The Bertz CT molecular complexity index is 1400. The lowest BCUT2D eigenvalue weighted by Gasteiger charge is -2.32. The van der Waals surface area contributed by atoms with Crippen LogP contribution in [0.25, 0.3) is 0 Å². The summed E-state index contributed by atoms with van der Waals surface area (Å²) in [6.07, 6.45) is -0.377. The summed E-state index contributed by atoms with van der Waals surface area (Å²) in [4.78, 5) is 45.6. The number of ether oxygens (including phenoxy) is 1. The van der Waals surface area contributed by atoms with Crippen LogP contribution < -0.4 is 10.8 Å². The molecule has 11 nitrogen and oxygen atoms in total. The Hall–Kier alpha value is -3.64. The van der Waals surface area contributed by atoms with Gasteiger partial charge in [0.05, 0.1) is 35.5 Å². The quantitative estimate of drug-likeness (QED) is 0.520. The molecule has 41 heavy (non-hydrogen) atoms. The number of carbonyl (C=O) groups excluding carboxylic acids is 2. The Balaban J connectivity index is 1.51. The minimum absolute atomic E-state index is 0.0145. The third kappa shape index (κ3) is 5.50. The maximum atomic E-state index is 13.8. The molecule has 0 saturated carbocycles. The summed E-state index contributed by atoms with van der Waals surface area (Å²) in [5, 5.41) is 12.7. The van der Waals surface area contributed by atoms with Crippen LogP contribution in [0.4, 0.5) is 21.1 Å². The smallest absolute Gasteiger partial charge is 0.465 e. The molecule has 3 aliphatic rings. The molecule has 2 aromatic rings. The second-order valence-corrected chi connectivity index (χ2v) is 12.8. The molecule has 1 fully saturated rings. The van der Waals surface area contributed by atoms with Gasteiger partial charge in [0, 0.05) is 12.2 Å². The van der Waals surface area contributed by atoms with Gasteiger partial charge < -0.3 is 29.4 Å². The molecular formula is C29H37BN4O7. The van der Waals surface area contributed by atoms with Crippen molar-refractivity contribution in [3.8, 4) is 0 Å². The molecule has 1 aromatic carbocycles. The number of fused-ring (bicyclic) bond motifs is 2. The van der Waals surface area contributed by atoms with E-state index in [0.717, 1.165) is 16.2 Å². The number of imide groups is 1. The van der Waals surface area contributed by atoms with E-state index in [1.54, 1.807) is 32.9 Å². The van der Waals surface area contributed by atoms with Crippen molar-refractivity contribution in [1.82, 2.24) is 14.8 Å². The normalized spacial score (nSPS) is 19.5. The van der Waals surface area contributed by atoms with Gasteiger partial charge in [0.2, 0.25) is 0 Å². The lowest BCUT2D eigenvalue weighted by molar-refractivity contribution is 0.00578. The van der Waals surface area contributed by atoms with Crippen molar-refractivity contribution >= 4 is 42.2 Å². The number of amides is 3. The first-order chi connectivity index (χ1) is 19.1. The monoisotopic (exact) mass is 564 g/mol. The highest BCUT2D eigenvalue weighted by Crippen LogP contribution is 2.39. The van der Waals surface area contributed by atoms with Crippen molar-refractivity contribution in [2.75, 3.05) is 11.9 Å². The summed E-state index contributed by atoms with van der Waals surface area (Å²) in [5.41, 5.74) is 1.83. The maximum absolute atomic E-state index is 13.8. The summed E-state index contributed by atoms with van der Waals surface area (Å²) in [6.45, 7) is 13.8. The highest BCUT2D eigenvalue weighted by atomic mass is 16.7. The van der Waals surface area contributed by atoms with Crippen LogP contribution in [0.3, 0.4) is 0 Å². The minimum Gasteiger partial charge on any atom is -0.465 e. The summed E-state index contributed by atoms with van der Waals surface area (Å²) in [5.74, 6) is 0.0311. The van der Waals surface area contributed by atoms with Crippen molar-refractivity contribution in [1.29, 1.82) is 0 Å². The van der Waals surface area contributed by atoms with Crippen molar-refractivity contribution < 1.29 is 33.5 Å². The van der Waals surface area contributed by atoms with Crippen molar-refractivity contribution in [3.63, 3.8) is 0 Å². The van der Waals surface area contributed by atoms with Gasteiger partial charge in [-0.2, -0.15) is 0 Å². The molecule has 0 atom stereocenters. The van der Waals surface area contributed by atoms with Crippen LogP contribution in [-0.4, -0.2) is 68.5 Å². The number of nitrogens with one attached hydrogen (secondary N) is 1. The first kappa shape index (κ1) is 28.9. The number of benzene rings is 1. The van der Waals surface area contributed by atoms with Gasteiger partial charge in [-0.1, -0.05) is 12.1 Å². The van der Waals surface area contributed by atoms with E-state index in [4.69, 9.17) is 19.0 Å². The van der Waals surface area contributed by atoms with Crippen LogP contribution in [0.2, 0.25) is 0 Å². The number of nitrogens with zero attached hydrogens (tertiary/aromatic N) is 3. The molecule has 1 aromatic heterocycles. The van der Waals surface area contributed by atoms with Gasteiger partial charge in [0.25, 0.3) is 5.91 Å². The molecule has 5 rings (SSSR count). The molecule has 3 aliphatic heterocycles. The van der Waals surface area contributed by atoms with E-state index < -0.39 is 42.0 Å². The van der Waals surface area contributed by atoms with E-state index in [0.29, 0.717) is 47.5 Å². The van der Waals surface area contributed by atoms with E-state index in [1.165, 1.54) is 4.90 Å². The average Bonchev–Trinajstić information content (AvgIpc) is 3.19. The molecule has 4 heterocycles. The molecule has 2 N–H and O–H groups in total. The van der Waals surface area contributed by atoms with E-state index in [1.807, 2.05) is 39.8 Å². The van der Waals surface area contributed by atoms with Crippen molar-refractivity contribution in [2.24, 2.45) is 0 Å². The number of hydrogen-bond acceptors (Lipinski definition) is 8. The molecule has 218 valence electrons. The highest BCUT2D eigenvalue weighted by molar-refractivity contribution is 6.63. The third-order valence-corrected chi connectivity index (χ3v) is 8.05. The molecule has 3 amide bonds. The highest BCUT2D eigenvalue weighted by Gasteiger charge is 2.53. The van der Waals surface area contributed by atoms with Crippen LogP contribution in [0.5, 0.6) is 0 Å². The maximum Gasteiger partial charge on any atom is 0.495 e. The third-order valence-electron chi connectivity index (χ3n) is 8.05. The fourth-order valence-electron chi connectivity index (χ4n) is 5.19. The van der Waals surface area contributed by atoms with Crippen LogP contribution in [0, 0.1) is 0 Å². The Morgan fingerprint density at radius 2 is 1.76 bits per heavy atom. The Morgan fingerprint density at radius 1 is 1.07 bits per heavy atom. The van der Waals surface area contributed by atoms with Gasteiger partial charge in [-0.15, -0.1) is 0 Å². The molecule has 0 radical (unpaired) electrons. The zero-order chi connectivity index (χ0) is 29.9. The average molecular weight is 564 g/mol. The number of aryl methyl sites for hydroxylation is 1. The Labute approximate surface area is 240 Å². The predicted molar refractivity (Wildman–Crippen MR) is 153 cm³/mol. The van der Waals surface area contributed by atoms with Gasteiger partial charge in [0.15, 0.2) is 0 Å². The number of carboxylic acid groups (broad SMARTS) is 1. The minimum atomic E-state index is -0.953. The number of carbonyl (C=O) groups is 3. The lowest BCUT2D eigenvalue weighted by Crippen LogP contribution is -2.41. The summed E-state index contributed by atoms with van der Waals surface area (Å²) >= 11 is 0. The number of hydrogen-bond donors (Lipinski definition) is 2. The van der Waals surface area contributed by atoms with Crippen molar-refractivity contribution in [2.45, 2.75) is 91.2 Å². The first-order valence-corrected chi connectivity index (χ1v) is 13.9. The molecule has 0 spiro atoms. The van der Waals surface area contributed by atoms with E-state index >= 15 is 0 Å². The molecular weight excluding hydrogens is 527 g/mol. The largest absolute Gasteiger partial charge is 0.495 e. The second-order valence-electron chi connectivity index (χ2n) is 12.8. The summed E-state index contributed by atoms with van der Waals surface area (Å²) < 4.78 is 18.1. The second kappa shape index (κ2) is 10.0. The Morgan fingerprint density at radius 3 is 2.39 bits per heavy atom. The molecule has 1 saturated heterocycles. The topological polar surface area (TPSA) is 131 Å². The van der Waals surface area contributed by atoms with Crippen LogP contribution in [0.1, 0.15) is 82.1 Å². The van der Waals surface area contributed by atoms with Crippen LogP contribution in [-0.2, 0) is 33.6 Å². The van der Waals surface area contributed by atoms with E-state index in [9.17, 15) is 19.5 Å². The fraction of sp³-hybridized carbons (Fsp3) is 0.517. The predicted octanol–water partition coefficient (Wildman–Crippen LogP) is 4.44. The molecule has 12 heteroatoms. The lowest BCUT2D eigenvalue weighted by atomic mass is 9.74. The van der Waals surface area contributed by atoms with Gasteiger partial charge in [0.1, 0.15) is 11.4 Å². The van der Waals surface area contributed by atoms with E-state index in [2.05, 4.69) is 5.32 Å². The van der Waals surface area contributed by atoms with Gasteiger partial charge >= 0.3 is 19.3 Å². The Kier molecular flexibility index (Phi) is 7.06. The number of aromatic nitrogens is 1. The SMILES string of the molecule is CC(C)(C)OC(=O)N1Cc2c(B3OC(C)(C)C(C)(C)O3)ccc(Nc3ccc4c(n3)CCCN(C(=O)O)C4)c2C1=O. The van der Waals surface area contributed by atoms with Gasteiger partial charge in [-0.3, -0.25) is 4.79 Å². The fourth-order valence-corrected chi connectivity index (χ4v) is 5.19. The summed E-state index contributed by atoms with van der Waals surface area (Å²) in [7, 11) is -0.725. The zero-order valence-corrected chi connectivity index (χ0v) is 24.7. The summed E-state index contributed by atoms with van der Waals surface area (Å²) in [6, 6.07) is 7.25. The standard InChI is InChI=1S/C29H37BN4O7/c1-27(2,3)39-26(38)34-16-18-19(30-40-28(4,5)29(6,7)41-30)11-12-21(23(18)24(34)35)32-22-13-10-17-15-33(25(36)37)14-8-9-20(17)31-22/h10-13H,8-9,14-16H2,1-7H3,(H,31,32)(H,36,37). The zero-order valence-electron chi connectivity index (χ0n) is 24.7. The van der Waals surface area contributed by atoms with Crippen LogP contribution in [0.15, 0.2) is 24.3 Å². The van der Waals surface area contributed by atoms with Gasteiger partial charge in [-0.05, 0) is 90.0 Å². The number of pyridine rings is 1. The molecule has 0 bridgehead atoms. The number of rotatable bonds is 3. The molecule has 0 unspecified atom stereocenters. The van der Waals surface area contributed by atoms with Crippen molar-refractivity contribution in [3.05, 3.63) is 46.6 Å².